The Kier molecular flexibility index (Phi) is 4.43. The molecule has 2 aromatic rings. The van der Waals surface area contributed by atoms with Gasteiger partial charge in [0, 0.05) is 11.5 Å². The van der Waals surface area contributed by atoms with E-state index in [0.29, 0.717) is 11.5 Å². The van der Waals surface area contributed by atoms with Crippen LogP contribution in [0, 0.1) is 5.41 Å². The van der Waals surface area contributed by atoms with E-state index in [1.165, 1.54) is 0 Å². The van der Waals surface area contributed by atoms with E-state index in [9.17, 15) is 4.79 Å². The number of benzene rings is 2. The van der Waals surface area contributed by atoms with E-state index < -0.39 is 8.65 Å². The van der Waals surface area contributed by atoms with Crippen LogP contribution in [0.1, 0.15) is 40.2 Å². The van der Waals surface area contributed by atoms with Crippen molar-refractivity contribution in [2.45, 2.75) is 28.4 Å². The van der Waals surface area contributed by atoms with Gasteiger partial charge in [0.2, 0.25) is 0 Å². The van der Waals surface area contributed by atoms with Crippen molar-refractivity contribution in [2.75, 3.05) is 14.2 Å². The highest BCUT2D eigenvalue weighted by molar-refractivity contribution is 9.25. The number of alkyl halides is 2. The summed E-state index contributed by atoms with van der Waals surface area (Å²) in [4.78, 5) is 13.6. The lowest BCUT2D eigenvalue weighted by molar-refractivity contribution is 0.0890. The van der Waals surface area contributed by atoms with Gasteiger partial charge < -0.3 is 9.47 Å². The zero-order valence-electron chi connectivity index (χ0n) is 14.7. The normalized spacial score (nSPS) is 26.2. The Morgan fingerprint density at radius 1 is 1.04 bits per heavy atom. The molecule has 0 unspecified atom stereocenters. The highest BCUT2D eigenvalue weighted by Gasteiger charge is 2.78. The second kappa shape index (κ2) is 6.38. The Morgan fingerprint density at radius 2 is 1.77 bits per heavy atom. The minimum absolute atomic E-state index is 0.0356. The maximum atomic E-state index is 13.6. The number of hydrogen-bond donors (Lipinski definition) is 0. The molecule has 0 aromatic heterocycles. The lowest BCUT2D eigenvalue weighted by Gasteiger charge is -2.16. The Morgan fingerprint density at radius 3 is 2.50 bits per heavy atom. The fourth-order valence-corrected chi connectivity index (χ4v) is 6.74. The van der Waals surface area contributed by atoms with Crippen LogP contribution in [0.2, 0.25) is 0 Å². The van der Waals surface area contributed by atoms with Gasteiger partial charge in [-0.05, 0) is 42.5 Å². The van der Waals surface area contributed by atoms with Crippen molar-refractivity contribution in [3.63, 3.8) is 0 Å². The molecule has 3 nitrogen and oxygen atoms in total. The van der Waals surface area contributed by atoms with E-state index in [4.69, 9.17) is 9.47 Å². The molecule has 2 atom stereocenters. The summed E-state index contributed by atoms with van der Waals surface area (Å²) in [5.41, 5.74) is 2.60. The van der Waals surface area contributed by atoms with Crippen LogP contribution in [0.3, 0.4) is 0 Å². The average Bonchev–Trinajstić information content (AvgIpc) is 3.21. The maximum Gasteiger partial charge on any atom is 0.172 e. The third kappa shape index (κ3) is 2.40. The van der Waals surface area contributed by atoms with Crippen LogP contribution in [-0.4, -0.2) is 23.2 Å². The average molecular weight is 480 g/mol. The van der Waals surface area contributed by atoms with E-state index >= 15 is 0 Å². The largest absolute Gasteiger partial charge is 0.493 e. The number of hydrogen-bond acceptors (Lipinski definition) is 3. The molecule has 1 fully saturated rings. The Bertz CT molecular complexity index is 877. The van der Waals surface area contributed by atoms with Gasteiger partial charge in [0.15, 0.2) is 17.3 Å². The number of carbonyl (C=O) groups is 1. The number of halogens is 2. The van der Waals surface area contributed by atoms with Gasteiger partial charge in [-0.15, -0.1) is 0 Å². The minimum Gasteiger partial charge on any atom is -0.493 e. The summed E-state index contributed by atoms with van der Waals surface area (Å²) >= 11 is 7.68. The lowest BCUT2D eigenvalue weighted by Crippen LogP contribution is -2.21. The number of Topliss-reactive ketones (excluding diaryl/α,β-unsaturated/α-hetero) is 1. The van der Waals surface area contributed by atoms with Crippen molar-refractivity contribution in [1.29, 1.82) is 0 Å². The van der Waals surface area contributed by atoms with Crippen molar-refractivity contribution in [3.8, 4) is 11.5 Å². The highest BCUT2D eigenvalue weighted by Crippen LogP contribution is 2.79. The summed E-state index contributed by atoms with van der Waals surface area (Å²) in [6.07, 6.45) is 2.78. The minimum atomic E-state index is -0.487. The lowest BCUT2D eigenvalue weighted by atomic mass is 9.88. The van der Waals surface area contributed by atoms with E-state index in [0.717, 1.165) is 36.0 Å². The molecule has 0 radical (unpaired) electrons. The predicted molar refractivity (Wildman–Crippen MR) is 109 cm³/mol. The van der Waals surface area contributed by atoms with Gasteiger partial charge in [-0.3, -0.25) is 4.79 Å². The van der Waals surface area contributed by atoms with Crippen LogP contribution >= 0.6 is 31.9 Å². The Hall–Kier alpha value is -1.33. The molecular weight excluding hydrogens is 460 g/mol. The highest BCUT2D eigenvalue weighted by atomic mass is 79.9. The van der Waals surface area contributed by atoms with Crippen molar-refractivity contribution >= 4 is 37.6 Å². The first-order valence-electron chi connectivity index (χ1n) is 8.70. The second-order valence-corrected chi connectivity index (χ2v) is 10.5. The first-order chi connectivity index (χ1) is 12.5. The first kappa shape index (κ1) is 18.1. The van der Waals surface area contributed by atoms with E-state index in [2.05, 4.69) is 37.9 Å². The zero-order valence-corrected chi connectivity index (χ0v) is 17.9. The molecule has 1 spiro atoms. The zero-order chi connectivity index (χ0) is 18.5. The first-order valence-corrected chi connectivity index (χ1v) is 10.3. The smallest absolute Gasteiger partial charge is 0.172 e. The fourth-order valence-electron chi connectivity index (χ4n) is 4.45. The van der Waals surface area contributed by atoms with Crippen LogP contribution in [0.4, 0.5) is 0 Å². The van der Waals surface area contributed by atoms with E-state index in [1.54, 1.807) is 14.2 Å². The molecule has 0 heterocycles. The number of rotatable bonds is 3. The molecule has 5 heteroatoms. The molecule has 2 aliphatic rings. The number of aryl methyl sites for hydroxylation is 1. The monoisotopic (exact) mass is 478 g/mol. The van der Waals surface area contributed by atoms with Gasteiger partial charge in [-0.25, -0.2) is 0 Å². The fraction of sp³-hybridized carbons (Fsp3) is 0.381. The molecule has 0 amide bonds. The third-order valence-corrected chi connectivity index (χ3v) is 8.12. The molecule has 136 valence electrons. The molecule has 26 heavy (non-hydrogen) atoms. The topological polar surface area (TPSA) is 35.5 Å². The SMILES string of the molecule is COc1ccc([C@H]2C(Br)(Br)[C@@]23CCCc2ccccc2C3=O)cc1OC. The summed E-state index contributed by atoms with van der Waals surface area (Å²) in [5.74, 6) is 1.63. The van der Waals surface area contributed by atoms with Gasteiger partial charge in [-0.1, -0.05) is 62.2 Å². The van der Waals surface area contributed by atoms with Crippen LogP contribution in [0.25, 0.3) is 0 Å². The summed E-state index contributed by atoms with van der Waals surface area (Å²) < 4.78 is 10.4. The summed E-state index contributed by atoms with van der Waals surface area (Å²) in [6.45, 7) is 0. The molecule has 1 saturated carbocycles. The van der Waals surface area contributed by atoms with Crippen LogP contribution < -0.4 is 9.47 Å². The van der Waals surface area contributed by atoms with Gasteiger partial charge >= 0.3 is 0 Å². The van der Waals surface area contributed by atoms with E-state index in [-0.39, 0.29) is 11.7 Å². The van der Waals surface area contributed by atoms with E-state index in [1.807, 2.05) is 36.4 Å². The molecule has 0 saturated heterocycles. The summed E-state index contributed by atoms with van der Waals surface area (Å²) in [7, 11) is 3.26. The predicted octanol–water partition coefficient (Wildman–Crippen LogP) is 5.49. The summed E-state index contributed by atoms with van der Waals surface area (Å²) in [5, 5.41) is 0. The van der Waals surface area contributed by atoms with Gasteiger partial charge in [0.25, 0.3) is 0 Å². The number of ether oxygens (including phenoxy) is 2. The van der Waals surface area contributed by atoms with Gasteiger partial charge in [-0.2, -0.15) is 0 Å². The van der Waals surface area contributed by atoms with Gasteiger partial charge in [0.05, 0.1) is 19.6 Å². The number of ketones is 1. The molecule has 4 rings (SSSR count). The van der Waals surface area contributed by atoms with Crippen LogP contribution in [0.15, 0.2) is 42.5 Å². The molecule has 0 aliphatic heterocycles. The van der Waals surface area contributed by atoms with Crippen molar-refractivity contribution < 1.29 is 14.3 Å². The summed E-state index contributed by atoms with van der Waals surface area (Å²) in [6, 6.07) is 13.9. The van der Waals surface area contributed by atoms with Crippen molar-refractivity contribution in [3.05, 3.63) is 59.2 Å². The number of fused-ring (bicyclic) bond motifs is 1. The standard InChI is InChI=1S/C21H20Br2O3/c1-25-16-10-9-14(12-17(16)26-2)18-20(21(18,22)23)11-5-7-13-6-3-4-8-15(13)19(20)24/h3-4,6,8-10,12,18H,5,7,11H2,1-2H3/t18-,20+/m1/s1. The van der Waals surface area contributed by atoms with Crippen LogP contribution in [-0.2, 0) is 6.42 Å². The maximum absolute atomic E-state index is 13.6. The van der Waals surface area contributed by atoms with Gasteiger partial charge in [0.1, 0.15) is 3.23 Å². The second-order valence-electron chi connectivity index (χ2n) is 6.98. The number of methoxy groups -OCH3 is 2. The number of carbonyl (C=O) groups excluding carboxylic acids is 1. The third-order valence-electron chi connectivity index (χ3n) is 5.79. The Labute approximate surface area is 170 Å². The molecule has 0 N–H and O–H groups in total. The molecule has 0 bridgehead atoms. The molecular formula is C21H20Br2O3. The van der Waals surface area contributed by atoms with Crippen molar-refractivity contribution in [1.82, 2.24) is 0 Å². The molecule has 2 aromatic carbocycles. The quantitative estimate of drug-likeness (QED) is 0.546. The Balaban J connectivity index is 1.79. The molecule has 2 aliphatic carbocycles. The van der Waals surface area contributed by atoms with Crippen molar-refractivity contribution in [2.24, 2.45) is 5.41 Å². The van der Waals surface area contributed by atoms with Crippen LogP contribution in [0.5, 0.6) is 11.5 Å².